The summed E-state index contributed by atoms with van der Waals surface area (Å²) in [5.41, 5.74) is 21.7. The zero-order valence-electron chi connectivity index (χ0n) is 51.3. The number of aromatic nitrogens is 4. The Morgan fingerprint density at radius 1 is 0.128 bits per heavy atom. The van der Waals surface area contributed by atoms with Gasteiger partial charge in [0.15, 0.2) is 0 Å². The van der Waals surface area contributed by atoms with E-state index in [2.05, 4.69) is 370 Å². The van der Waals surface area contributed by atoms with Gasteiger partial charge in [-0.2, -0.15) is 0 Å². The fourth-order valence-electron chi connectivity index (χ4n) is 15.1. The molecule has 0 aliphatic carbocycles. The predicted octanol–water partition coefficient (Wildman–Crippen LogP) is 24.2. The summed E-state index contributed by atoms with van der Waals surface area (Å²) in [7, 11) is 0. The summed E-state index contributed by atoms with van der Waals surface area (Å²) in [5, 5.41) is 17.6. The third kappa shape index (κ3) is 8.69. The molecule has 0 saturated carbocycles. The monoisotopic (exact) mass is 1190 g/mol. The molecule has 438 valence electrons. The Labute approximate surface area is 542 Å². The first-order chi connectivity index (χ1) is 46.6. The van der Waals surface area contributed by atoms with Gasteiger partial charge in [0.25, 0.3) is 0 Å². The number of hydrogen-bond donors (Lipinski definition) is 0. The molecule has 4 nitrogen and oxygen atoms in total. The van der Waals surface area contributed by atoms with Crippen LogP contribution < -0.4 is 0 Å². The highest BCUT2D eigenvalue weighted by atomic mass is 15.0. The first-order valence-corrected chi connectivity index (χ1v) is 32.4. The Bertz CT molecular complexity index is 6230. The number of benzene rings is 16. The van der Waals surface area contributed by atoms with Crippen molar-refractivity contribution >= 4 is 120 Å². The van der Waals surface area contributed by atoms with Gasteiger partial charge in [-0.05, 0) is 187 Å². The SMILES string of the molecule is c1ccc(-c2cccc(-n3c4ccccc4c4cc(-c5ccc6c(c5)c5ccccc5n6-c5ccc6ccccc6c5)ccc43)c2)cc1.c1ccc2cc(-n3c4ccccc4c4cc(-c5ccc6c(c5)c5ccccc5n6-c5ccc6ccccc6c5)ccc43)ccc2c1. The van der Waals surface area contributed by atoms with E-state index >= 15 is 0 Å². The van der Waals surface area contributed by atoms with E-state index in [0.717, 1.165) is 0 Å². The lowest BCUT2D eigenvalue weighted by Crippen LogP contribution is -1.94. The second-order valence-electron chi connectivity index (χ2n) is 24.8. The fourth-order valence-corrected chi connectivity index (χ4v) is 15.1. The van der Waals surface area contributed by atoms with E-state index in [1.54, 1.807) is 0 Å². The summed E-state index contributed by atoms with van der Waals surface area (Å²) in [6.07, 6.45) is 0. The lowest BCUT2D eigenvalue weighted by atomic mass is 10.0. The molecule has 4 heterocycles. The van der Waals surface area contributed by atoms with Crippen LogP contribution in [-0.2, 0) is 0 Å². The molecule has 4 aromatic heterocycles. The second-order valence-corrected chi connectivity index (χ2v) is 24.8. The maximum atomic E-state index is 2.40. The molecule has 20 aromatic rings. The van der Waals surface area contributed by atoms with Crippen molar-refractivity contribution in [2.75, 3.05) is 0 Å². The van der Waals surface area contributed by atoms with E-state index < -0.39 is 0 Å². The van der Waals surface area contributed by atoms with Crippen molar-refractivity contribution in [3.05, 3.63) is 352 Å². The Hall–Kier alpha value is -12.5. The predicted molar refractivity (Wildman–Crippen MR) is 399 cm³/mol. The molecule has 0 aliphatic rings. The highest BCUT2D eigenvalue weighted by molar-refractivity contribution is 6.15. The smallest absolute Gasteiger partial charge is 0.0541 e. The van der Waals surface area contributed by atoms with E-state index in [0.29, 0.717) is 0 Å². The largest absolute Gasteiger partial charge is 0.309 e. The number of nitrogens with zero attached hydrogens (tertiary/aromatic N) is 4. The fraction of sp³-hybridized carbons (Fsp3) is 0. The minimum atomic E-state index is 1.17. The molecule has 0 spiro atoms. The minimum absolute atomic E-state index is 1.17. The summed E-state index contributed by atoms with van der Waals surface area (Å²) < 4.78 is 9.62. The number of rotatable bonds is 7. The molecule has 0 atom stereocenters. The molecule has 0 bridgehead atoms. The van der Waals surface area contributed by atoms with Crippen LogP contribution in [0.25, 0.3) is 176 Å². The Balaban J connectivity index is 0.000000134. The maximum Gasteiger partial charge on any atom is 0.0541 e. The summed E-state index contributed by atoms with van der Waals surface area (Å²) in [5.74, 6) is 0. The van der Waals surface area contributed by atoms with Crippen LogP contribution in [0.15, 0.2) is 352 Å². The van der Waals surface area contributed by atoms with Crippen LogP contribution in [0.5, 0.6) is 0 Å². The van der Waals surface area contributed by atoms with Crippen molar-refractivity contribution in [3.63, 3.8) is 0 Å². The van der Waals surface area contributed by atoms with Gasteiger partial charge in [-0.15, -0.1) is 0 Å². The Morgan fingerprint density at radius 2 is 0.383 bits per heavy atom. The van der Waals surface area contributed by atoms with Crippen molar-refractivity contribution in [2.45, 2.75) is 0 Å². The average Bonchev–Trinajstić information content (AvgIpc) is 1.61. The number of para-hydroxylation sites is 4. The molecule has 20 rings (SSSR count). The van der Waals surface area contributed by atoms with E-state index in [-0.39, 0.29) is 0 Å². The van der Waals surface area contributed by atoms with Crippen molar-refractivity contribution < 1.29 is 0 Å². The van der Waals surface area contributed by atoms with Gasteiger partial charge in [0.1, 0.15) is 0 Å². The topological polar surface area (TPSA) is 19.7 Å². The van der Waals surface area contributed by atoms with Gasteiger partial charge in [-0.1, -0.05) is 231 Å². The molecule has 0 saturated heterocycles. The zero-order chi connectivity index (χ0) is 61.8. The Kier molecular flexibility index (Phi) is 12.3. The summed E-state index contributed by atoms with van der Waals surface area (Å²) in [6, 6.07) is 128. The molecule has 94 heavy (non-hydrogen) atoms. The van der Waals surface area contributed by atoms with Crippen LogP contribution >= 0.6 is 0 Å². The lowest BCUT2D eigenvalue weighted by Gasteiger charge is -2.11. The van der Waals surface area contributed by atoms with E-state index in [9.17, 15) is 0 Å². The van der Waals surface area contributed by atoms with Gasteiger partial charge < -0.3 is 18.3 Å². The second kappa shape index (κ2) is 21.6. The van der Waals surface area contributed by atoms with Gasteiger partial charge in [-0.3, -0.25) is 0 Å². The molecule has 0 unspecified atom stereocenters. The quantitative estimate of drug-likeness (QED) is 0.152. The normalized spacial score (nSPS) is 11.8. The van der Waals surface area contributed by atoms with Crippen molar-refractivity contribution in [2.24, 2.45) is 0 Å². The third-order valence-corrected chi connectivity index (χ3v) is 19.5. The van der Waals surface area contributed by atoms with Gasteiger partial charge >= 0.3 is 0 Å². The average molecular weight is 1200 g/mol. The molecular weight excluding hydrogens is 1140 g/mol. The Morgan fingerprint density at radius 3 is 0.723 bits per heavy atom. The molecule has 0 N–H and O–H groups in total. The van der Waals surface area contributed by atoms with Crippen molar-refractivity contribution in [3.8, 4) is 56.1 Å². The maximum absolute atomic E-state index is 2.40. The summed E-state index contributed by atoms with van der Waals surface area (Å²) in [6.45, 7) is 0. The molecule has 0 aliphatic heterocycles. The highest BCUT2D eigenvalue weighted by Crippen LogP contribution is 2.42. The van der Waals surface area contributed by atoms with Crippen LogP contribution in [0.1, 0.15) is 0 Å². The molecule has 16 aromatic carbocycles. The van der Waals surface area contributed by atoms with Crippen molar-refractivity contribution in [1.29, 1.82) is 0 Å². The number of hydrogen-bond acceptors (Lipinski definition) is 0. The molecule has 0 radical (unpaired) electrons. The summed E-state index contributed by atoms with van der Waals surface area (Å²) in [4.78, 5) is 0. The molecule has 0 amide bonds. The third-order valence-electron chi connectivity index (χ3n) is 19.5. The van der Waals surface area contributed by atoms with E-state index in [1.807, 2.05) is 0 Å². The minimum Gasteiger partial charge on any atom is -0.309 e. The lowest BCUT2D eigenvalue weighted by molar-refractivity contribution is 1.18. The van der Waals surface area contributed by atoms with Crippen LogP contribution in [0, 0.1) is 0 Å². The zero-order valence-corrected chi connectivity index (χ0v) is 51.3. The van der Waals surface area contributed by atoms with Crippen LogP contribution in [-0.4, -0.2) is 18.3 Å². The first-order valence-electron chi connectivity index (χ1n) is 32.4. The first kappa shape index (κ1) is 53.3. The number of fused-ring (bicyclic) bond motifs is 15. The van der Waals surface area contributed by atoms with Crippen molar-refractivity contribution in [1.82, 2.24) is 18.3 Å². The molecular formula is C90H58N4. The summed E-state index contributed by atoms with van der Waals surface area (Å²) >= 11 is 0. The highest BCUT2D eigenvalue weighted by Gasteiger charge is 2.20. The molecule has 0 fully saturated rings. The van der Waals surface area contributed by atoms with Crippen LogP contribution in [0.4, 0.5) is 0 Å². The van der Waals surface area contributed by atoms with Crippen LogP contribution in [0.3, 0.4) is 0 Å². The van der Waals surface area contributed by atoms with Gasteiger partial charge in [0.05, 0.1) is 44.1 Å². The van der Waals surface area contributed by atoms with E-state index in [4.69, 9.17) is 0 Å². The standard InChI is InChI=1S/C46H30N2.C44H28N2/c1-2-11-31(12-3-1)34-15-10-16-37(27-34)47-43-19-8-6-17-39(43)41-29-35(22-25-45(41)47)36-23-26-46-42(30-36)40-18-7-9-20-44(40)48(46)38-24-21-32-13-4-5-14-33(32)28-38;1-3-11-31-25-35(21-17-29(31)9-1)45-41-15-7-5-13-37(41)39-27-33(19-23-43(39)45)34-20-24-44-40(28-34)38-14-6-8-16-42(38)46(44)36-22-18-30-10-2-4-12-32(30)26-36/h1-30H;1-28H. The van der Waals surface area contributed by atoms with Gasteiger partial charge in [0, 0.05) is 65.8 Å². The van der Waals surface area contributed by atoms with Crippen LogP contribution in [0.2, 0.25) is 0 Å². The van der Waals surface area contributed by atoms with Gasteiger partial charge in [-0.25, -0.2) is 0 Å². The van der Waals surface area contributed by atoms with E-state index in [1.165, 1.54) is 176 Å². The van der Waals surface area contributed by atoms with Gasteiger partial charge in [0.2, 0.25) is 0 Å². The molecule has 4 heteroatoms.